The summed E-state index contributed by atoms with van der Waals surface area (Å²) in [6.45, 7) is 3.45. The molecule has 2 amide bonds. The predicted octanol–water partition coefficient (Wildman–Crippen LogP) is 3.08. The molecule has 1 aliphatic heterocycles. The third kappa shape index (κ3) is 3.33. The third-order valence-corrected chi connectivity index (χ3v) is 4.18. The lowest BCUT2D eigenvalue weighted by atomic mass is 10.1. The highest BCUT2D eigenvalue weighted by Gasteiger charge is 2.16. The first-order valence-corrected chi connectivity index (χ1v) is 8.12. The highest BCUT2D eigenvalue weighted by molar-refractivity contribution is 7.07. The number of hydrogen-bond donors (Lipinski definition) is 2. The number of carbonyl (C=O) groups excluding carboxylic acids is 1. The molecule has 0 bridgehead atoms. The Labute approximate surface area is 133 Å². The van der Waals surface area contributed by atoms with Gasteiger partial charge in [0.2, 0.25) is 0 Å². The second-order valence-electron chi connectivity index (χ2n) is 5.05. The van der Waals surface area contributed by atoms with Gasteiger partial charge in [0.15, 0.2) is 11.5 Å². The van der Waals surface area contributed by atoms with Crippen molar-refractivity contribution in [3.05, 3.63) is 46.2 Å². The summed E-state index contributed by atoms with van der Waals surface area (Å²) >= 11 is 1.62. The minimum absolute atomic E-state index is 0.0180. The highest BCUT2D eigenvalue weighted by Crippen LogP contribution is 2.33. The Balaban J connectivity index is 1.57. The van der Waals surface area contributed by atoms with Crippen molar-refractivity contribution in [2.45, 2.75) is 19.5 Å². The van der Waals surface area contributed by atoms with Crippen molar-refractivity contribution < 1.29 is 14.3 Å². The number of fused-ring (bicyclic) bond motifs is 1. The Bertz CT molecular complexity index is 643. The maximum Gasteiger partial charge on any atom is 0.315 e. The zero-order valence-electron chi connectivity index (χ0n) is 12.3. The van der Waals surface area contributed by atoms with Gasteiger partial charge in [-0.05, 0) is 35.4 Å². The van der Waals surface area contributed by atoms with Gasteiger partial charge in [0, 0.05) is 12.1 Å². The molecule has 2 heterocycles. The SMILES string of the molecule is CC(NC(=O)NCc1cccc2c1OCCO2)c1ccsc1. The van der Waals surface area contributed by atoms with Gasteiger partial charge in [-0.1, -0.05) is 12.1 Å². The van der Waals surface area contributed by atoms with Gasteiger partial charge < -0.3 is 20.1 Å². The Morgan fingerprint density at radius 3 is 3.00 bits per heavy atom. The van der Waals surface area contributed by atoms with E-state index in [4.69, 9.17) is 9.47 Å². The highest BCUT2D eigenvalue weighted by atomic mass is 32.1. The van der Waals surface area contributed by atoms with Crippen molar-refractivity contribution in [3.8, 4) is 11.5 Å². The molecule has 6 heteroatoms. The van der Waals surface area contributed by atoms with E-state index < -0.39 is 0 Å². The van der Waals surface area contributed by atoms with Crippen LogP contribution >= 0.6 is 11.3 Å². The van der Waals surface area contributed by atoms with E-state index >= 15 is 0 Å². The van der Waals surface area contributed by atoms with Gasteiger partial charge in [0.1, 0.15) is 13.2 Å². The first-order chi connectivity index (χ1) is 10.7. The molecule has 22 heavy (non-hydrogen) atoms. The van der Waals surface area contributed by atoms with Crippen molar-refractivity contribution in [3.63, 3.8) is 0 Å². The van der Waals surface area contributed by atoms with Crippen molar-refractivity contribution in [1.82, 2.24) is 10.6 Å². The van der Waals surface area contributed by atoms with Crippen LogP contribution in [0.4, 0.5) is 4.79 Å². The number of carbonyl (C=O) groups is 1. The summed E-state index contributed by atoms with van der Waals surface area (Å²) in [5, 5.41) is 9.81. The molecule has 2 aromatic rings. The molecule has 1 aromatic heterocycles. The van der Waals surface area contributed by atoms with Gasteiger partial charge >= 0.3 is 6.03 Å². The smallest absolute Gasteiger partial charge is 0.315 e. The second kappa shape index (κ2) is 6.70. The molecular formula is C16H18N2O3S. The van der Waals surface area contributed by atoms with E-state index in [1.807, 2.05) is 41.9 Å². The molecule has 0 radical (unpaired) electrons. The van der Waals surface area contributed by atoms with Crippen LogP contribution in [0.5, 0.6) is 11.5 Å². The van der Waals surface area contributed by atoms with Gasteiger partial charge in [-0.2, -0.15) is 11.3 Å². The Morgan fingerprint density at radius 1 is 1.32 bits per heavy atom. The Hall–Kier alpha value is -2.21. The van der Waals surface area contributed by atoms with Crippen LogP contribution in [-0.4, -0.2) is 19.2 Å². The molecule has 1 unspecified atom stereocenters. The molecule has 5 nitrogen and oxygen atoms in total. The van der Waals surface area contributed by atoms with E-state index in [9.17, 15) is 4.79 Å². The summed E-state index contributed by atoms with van der Waals surface area (Å²) in [4.78, 5) is 12.0. The summed E-state index contributed by atoms with van der Waals surface area (Å²) < 4.78 is 11.2. The standard InChI is InChI=1S/C16H18N2O3S/c1-11(13-5-8-22-10-13)18-16(19)17-9-12-3-2-4-14-15(12)21-7-6-20-14/h2-5,8,10-11H,6-7,9H2,1H3,(H2,17,18,19). The van der Waals surface area contributed by atoms with Crippen molar-refractivity contribution in [2.75, 3.05) is 13.2 Å². The average molecular weight is 318 g/mol. The van der Waals surface area contributed by atoms with Gasteiger partial charge in [-0.3, -0.25) is 0 Å². The topological polar surface area (TPSA) is 59.6 Å². The predicted molar refractivity (Wildman–Crippen MR) is 85.5 cm³/mol. The second-order valence-corrected chi connectivity index (χ2v) is 5.83. The third-order valence-electron chi connectivity index (χ3n) is 3.48. The molecule has 1 atom stereocenters. The number of nitrogens with one attached hydrogen (secondary N) is 2. The molecule has 3 rings (SSSR count). The first-order valence-electron chi connectivity index (χ1n) is 7.18. The lowest BCUT2D eigenvalue weighted by Crippen LogP contribution is -2.36. The normalized spacial score (nSPS) is 14.2. The fraction of sp³-hybridized carbons (Fsp3) is 0.312. The zero-order valence-corrected chi connectivity index (χ0v) is 13.1. The number of para-hydroxylation sites is 1. The minimum atomic E-state index is -0.201. The van der Waals surface area contributed by atoms with Gasteiger partial charge in [0.25, 0.3) is 0 Å². The fourth-order valence-corrected chi connectivity index (χ4v) is 3.06. The molecular weight excluding hydrogens is 300 g/mol. The molecule has 1 aromatic carbocycles. The van der Waals surface area contributed by atoms with Crippen LogP contribution in [0.15, 0.2) is 35.0 Å². The molecule has 1 aliphatic rings. The average Bonchev–Trinajstić information content (AvgIpc) is 3.07. The quantitative estimate of drug-likeness (QED) is 0.911. The van der Waals surface area contributed by atoms with Crippen molar-refractivity contribution in [2.24, 2.45) is 0 Å². The summed E-state index contributed by atoms with van der Waals surface area (Å²) in [7, 11) is 0. The fourth-order valence-electron chi connectivity index (χ4n) is 2.30. The van der Waals surface area contributed by atoms with Gasteiger partial charge in [0.05, 0.1) is 6.04 Å². The molecule has 0 saturated heterocycles. The van der Waals surface area contributed by atoms with Crippen molar-refractivity contribution >= 4 is 17.4 Å². The molecule has 2 N–H and O–H groups in total. The summed E-state index contributed by atoms with van der Waals surface area (Å²) in [5.74, 6) is 1.46. The first kappa shape index (κ1) is 14.7. The number of amides is 2. The number of thiophene rings is 1. The van der Waals surface area contributed by atoms with Crippen molar-refractivity contribution in [1.29, 1.82) is 0 Å². The number of rotatable bonds is 4. The van der Waals surface area contributed by atoms with E-state index in [-0.39, 0.29) is 12.1 Å². The summed E-state index contributed by atoms with van der Waals surface area (Å²) in [6.07, 6.45) is 0. The Kier molecular flexibility index (Phi) is 4.48. The zero-order chi connectivity index (χ0) is 15.4. The molecule has 0 aliphatic carbocycles. The molecule has 0 saturated carbocycles. The van der Waals surface area contributed by atoms with Crippen LogP contribution in [0.25, 0.3) is 0 Å². The maximum atomic E-state index is 12.0. The monoisotopic (exact) mass is 318 g/mol. The summed E-state index contributed by atoms with van der Waals surface area (Å²) in [6, 6.07) is 7.49. The minimum Gasteiger partial charge on any atom is -0.486 e. The Morgan fingerprint density at radius 2 is 2.18 bits per heavy atom. The largest absolute Gasteiger partial charge is 0.486 e. The lowest BCUT2D eigenvalue weighted by Gasteiger charge is -2.21. The number of ether oxygens (including phenoxy) is 2. The van der Waals surface area contributed by atoms with E-state index in [1.165, 1.54) is 0 Å². The number of hydrogen-bond acceptors (Lipinski definition) is 4. The van der Waals surface area contributed by atoms with Crippen LogP contribution in [0.1, 0.15) is 24.1 Å². The van der Waals surface area contributed by atoms with E-state index in [0.29, 0.717) is 19.8 Å². The maximum absolute atomic E-state index is 12.0. The van der Waals surface area contributed by atoms with Crippen LogP contribution in [0.3, 0.4) is 0 Å². The van der Waals surface area contributed by atoms with Gasteiger partial charge in [-0.15, -0.1) is 0 Å². The van der Waals surface area contributed by atoms with Crippen LogP contribution in [0, 0.1) is 0 Å². The van der Waals surface area contributed by atoms with Crippen LogP contribution < -0.4 is 20.1 Å². The van der Waals surface area contributed by atoms with Crippen LogP contribution in [0.2, 0.25) is 0 Å². The van der Waals surface area contributed by atoms with E-state index in [1.54, 1.807) is 11.3 Å². The van der Waals surface area contributed by atoms with E-state index in [2.05, 4.69) is 10.6 Å². The van der Waals surface area contributed by atoms with Gasteiger partial charge in [-0.25, -0.2) is 4.79 Å². The molecule has 0 fully saturated rings. The van der Waals surface area contributed by atoms with Crippen LogP contribution in [-0.2, 0) is 6.54 Å². The number of benzene rings is 1. The summed E-state index contributed by atoms with van der Waals surface area (Å²) in [5.41, 5.74) is 2.02. The number of urea groups is 1. The molecule has 116 valence electrons. The van der Waals surface area contributed by atoms with E-state index in [0.717, 1.165) is 22.6 Å². The molecule has 0 spiro atoms. The lowest BCUT2D eigenvalue weighted by molar-refractivity contribution is 0.169.